The summed E-state index contributed by atoms with van der Waals surface area (Å²) in [6, 6.07) is 3.93. The first kappa shape index (κ1) is 22.0. The van der Waals surface area contributed by atoms with E-state index in [2.05, 4.69) is 47.9 Å². The molecule has 0 aromatic carbocycles. The Kier molecular flexibility index (Phi) is 7.92. The number of hydrogen-bond donors (Lipinski definition) is 1. The third-order valence-electron chi connectivity index (χ3n) is 5.17. The third kappa shape index (κ3) is 4.75. The number of ether oxygens (including phenoxy) is 2. The average Bonchev–Trinajstić information content (AvgIpc) is 2.55. The van der Waals surface area contributed by atoms with Gasteiger partial charge in [-0.2, -0.15) is 0 Å². The van der Waals surface area contributed by atoms with Gasteiger partial charge in [-0.3, -0.25) is 4.99 Å². The van der Waals surface area contributed by atoms with Gasteiger partial charge in [-0.05, 0) is 19.9 Å². The van der Waals surface area contributed by atoms with Crippen molar-refractivity contribution in [3.8, 4) is 5.88 Å². The van der Waals surface area contributed by atoms with Gasteiger partial charge in [0, 0.05) is 50.0 Å². The number of pyridine rings is 1. The van der Waals surface area contributed by atoms with Crippen molar-refractivity contribution >= 4 is 29.9 Å². The van der Waals surface area contributed by atoms with Crippen molar-refractivity contribution in [1.29, 1.82) is 0 Å². The Hall–Kier alpha value is -1.09. The number of halogens is 1. The van der Waals surface area contributed by atoms with Crippen LogP contribution in [0.1, 0.15) is 33.3 Å². The van der Waals surface area contributed by atoms with Crippen LogP contribution in [-0.2, 0) is 11.3 Å². The van der Waals surface area contributed by atoms with E-state index in [0.29, 0.717) is 25.6 Å². The van der Waals surface area contributed by atoms with E-state index in [-0.39, 0.29) is 34.9 Å². The topological polar surface area (TPSA) is 59.0 Å². The van der Waals surface area contributed by atoms with Gasteiger partial charge < -0.3 is 19.7 Å². The zero-order chi connectivity index (χ0) is 17.8. The Balaban J connectivity index is 0.00000312. The zero-order valence-electron chi connectivity index (χ0n) is 16.1. The highest BCUT2D eigenvalue weighted by Gasteiger charge is 2.53. The van der Waals surface area contributed by atoms with E-state index in [1.165, 1.54) is 0 Å². The molecule has 0 atom stereocenters. The van der Waals surface area contributed by atoms with Gasteiger partial charge in [-0.1, -0.05) is 19.9 Å². The Labute approximate surface area is 168 Å². The van der Waals surface area contributed by atoms with E-state index < -0.39 is 0 Å². The molecule has 1 aromatic rings. The van der Waals surface area contributed by atoms with Gasteiger partial charge in [0.1, 0.15) is 6.61 Å². The normalized spacial score (nSPS) is 18.2. The van der Waals surface area contributed by atoms with Crippen LogP contribution in [0.15, 0.2) is 23.3 Å². The molecule has 1 aromatic heterocycles. The lowest BCUT2D eigenvalue weighted by Gasteiger charge is -2.62. The minimum Gasteiger partial charge on any atom is -0.475 e. The quantitative estimate of drug-likeness (QED) is 0.305. The standard InChI is InChI=1S/C18H30N4O2.HI/c1-17(2)13-22(18(17,3)4)16(19-5)21-12-14-8-7-9-20-15(14)24-11-10-23-6;/h7-9H,10-13H2,1-6H3,(H,19,21);1H. The summed E-state index contributed by atoms with van der Waals surface area (Å²) in [6.45, 7) is 11.7. The zero-order valence-corrected chi connectivity index (χ0v) is 18.5. The lowest BCUT2D eigenvalue weighted by atomic mass is 9.65. The number of aliphatic imine (C=N–C) groups is 1. The molecule has 0 saturated carbocycles. The number of guanidine groups is 1. The van der Waals surface area contributed by atoms with Gasteiger partial charge in [0.15, 0.2) is 5.96 Å². The molecule has 1 aliphatic rings. The molecule has 6 nitrogen and oxygen atoms in total. The van der Waals surface area contributed by atoms with Gasteiger partial charge in [0.2, 0.25) is 5.88 Å². The van der Waals surface area contributed by atoms with Gasteiger partial charge in [0.25, 0.3) is 0 Å². The number of methoxy groups -OCH3 is 1. The average molecular weight is 462 g/mol. The first-order valence-electron chi connectivity index (χ1n) is 8.37. The highest BCUT2D eigenvalue weighted by Crippen LogP contribution is 2.46. The summed E-state index contributed by atoms with van der Waals surface area (Å²) < 4.78 is 10.7. The van der Waals surface area contributed by atoms with Gasteiger partial charge >= 0.3 is 0 Å². The van der Waals surface area contributed by atoms with Crippen molar-refractivity contribution in [1.82, 2.24) is 15.2 Å². The Morgan fingerprint density at radius 2 is 2.04 bits per heavy atom. The molecule has 1 fully saturated rings. The van der Waals surface area contributed by atoms with Crippen LogP contribution in [0.5, 0.6) is 5.88 Å². The number of hydrogen-bond acceptors (Lipinski definition) is 4. The number of nitrogens with one attached hydrogen (secondary N) is 1. The van der Waals surface area contributed by atoms with Crippen molar-refractivity contribution in [3.05, 3.63) is 23.9 Å². The van der Waals surface area contributed by atoms with Crippen molar-refractivity contribution < 1.29 is 9.47 Å². The molecule has 1 N–H and O–H groups in total. The van der Waals surface area contributed by atoms with Crippen LogP contribution >= 0.6 is 24.0 Å². The third-order valence-corrected chi connectivity index (χ3v) is 5.17. The molecule has 2 heterocycles. The van der Waals surface area contributed by atoms with Crippen LogP contribution in [0.25, 0.3) is 0 Å². The molecule has 25 heavy (non-hydrogen) atoms. The maximum atomic E-state index is 5.69. The van der Waals surface area contributed by atoms with Crippen molar-refractivity contribution in [2.45, 2.75) is 39.8 Å². The highest BCUT2D eigenvalue weighted by atomic mass is 127. The largest absolute Gasteiger partial charge is 0.475 e. The second-order valence-corrected chi connectivity index (χ2v) is 7.24. The summed E-state index contributed by atoms with van der Waals surface area (Å²) in [5, 5.41) is 3.44. The SMILES string of the molecule is CN=C(NCc1cccnc1OCCOC)N1CC(C)(C)C1(C)C.I. The van der Waals surface area contributed by atoms with Gasteiger partial charge in [-0.15, -0.1) is 24.0 Å². The van der Waals surface area contributed by atoms with E-state index in [9.17, 15) is 0 Å². The fourth-order valence-electron chi connectivity index (χ4n) is 2.78. The van der Waals surface area contributed by atoms with Gasteiger partial charge in [0.05, 0.1) is 6.61 Å². The highest BCUT2D eigenvalue weighted by molar-refractivity contribution is 14.0. The smallest absolute Gasteiger partial charge is 0.218 e. The summed E-state index contributed by atoms with van der Waals surface area (Å²) in [6.07, 6.45) is 1.74. The monoisotopic (exact) mass is 462 g/mol. The second-order valence-electron chi connectivity index (χ2n) is 7.24. The fourth-order valence-corrected chi connectivity index (χ4v) is 2.78. The number of aromatic nitrogens is 1. The lowest BCUT2D eigenvalue weighted by Crippen LogP contribution is -2.72. The Morgan fingerprint density at radius 1 is 1.32 bits per heavy atom. The van der Waals surface area contributed by atoms with Crippen LogP contribution < -0.4 is 10.1 Å². The van der Waals surface area contributed by atoms with E-state index in [1.807, 2.05) is 19.2 Å². The van der Waals surface area contributed by atoms with Gasteiger partial charge in [-0.25, -0.2) is 4.98 Å². The Morgan fingerprint density at radius 3 is 2.60 bits per heavy atom. The van der Waals surface area contributed by atoms with Crippen LogP contribution in [-0.4, -0.2) is 55.3 Å². The second kappa shape index (κ2) is 9.02. The summed E-state index contributed by atoms with van der Waals surface area (Å²) in [5.74, 6) is 1.55. The molecule has 0 aliphatic carbocycles. The number of nitrogens with zero attached hydrogens (tertiary/aromatic N) is 3. The Bertz CT molecular complexity index is 590. The van der Waals surface area contributed by atoms with Crippen LogP contribution in [0, 0.1) is 5.41 Å². The predicted octanol–water partition coefficient (Wildman–Crippen LogP) is 2.92. The van der Waals surface area contributed by atoms with Crippen LogP contribution in [0.3, 0.4) is 0 Å². The molecule has 0 unspecified atom stereocenters. The van der Waals surface area contributed by atoms with E-state index in [1.54, 1.807) is 13.3 Å². The molecule has 0 amide bonds. The summed E-state index contributed by atoms with van der Waals surface area (Å²) >= 11 is 0. The minimum absolute atomic E-state index is 0. The molecular weight excluding hydrogens is 431 g/mol. The molecule has 1 aliphatic heterocycles. The lowest BCUT2D eigenvalue weighted by molar-refractivity contribution is -0.0668. The summed E-state index contributed by atoms with van der Waals surface area (Å²) in [7, 11) is 3.48. The molecule has 0 spiro atoms. The molecule has 7 heteroatoms. The molecular formula is C18H31IN4O2. The summed E-state index contributed by atoms with van der Waals surface area (Å²) in [5.41, 5.74) is 1.35. The van der Waals surface area contributed by atoms with Crippen LogP contribution in [0.2, 0.25) is 0 Å². The maximum Gasteiger partial charge on any atom is 0.218 e. The first-order valence-corrected chi connectivity index (χ1v) is 8.37. The van der Waals surface area contributed by atoms with Crippen LogP contribution in [0.4, 0.5) is 0 Å². The number of likely N-dealkylation sites (tertiary alicyclic amines) is 1. The molecule has 2 rings (SSSR count). The molecule has 1 saturated heterocycles. The molecule has 0 radical (unpaired) electrons. The van der Waals surface area contributed by atoms with E-state index in [0.717, 1.165) is 18.1 Å². The van der Waals surface area contributed by atoms with Crippen molar-refractivity contribution in [3.63, 3.8) is 0 Å². The predicted molar refractivity (Wildman–Crippen MR) is 112 cm³/mol. The minimum atomic E-state index is 0. The molecule has 0 bridgehead atoms. The van der Waals surface area contributed by atoms with E-state index in [4.69, 9.17) is 9.47 Å². The van der Waals surface area contributed by atoms with E-state index >= 15 is 0 Å². The number of rotatable bonds is 6. The summed E-state index contributed by atoms with van der Waals surface area (Å²) in [4.78, 5) is 11.1. The van der Waals surface area contributed by atoms with Crippen molar-refractivity contribution in [2.75, 3.05) is 33.9 Å². The molecule has 142 valence electrons. The maximum absolute atomic E-state index is 5.69. The fraction of sp³-hybridized carbons (Fsp3) is 0.667. The first-order chi connectivity index (χ1) is 11.3. The van der Waals surface area contributed by atoms with Crippen molar-refractivity contribution in [2.24, 2.45) is 10.4 Å².